The Balaban J connectivity index is 1.83. The zero-order valence-corrected chi connectivity index (χ0v) is 19.4. The van der Waals surface area contributed by atoms with Crippen LogP contribution >= 0.6 is 0 Å². The number of aliphatic imine (C=N–C) groups is 1. The molecule has 1 aliphatic carbocycles. The normalized spacial score (nSPS) is 22.6. The molecule has 1 unspecified atom stereocenters. The standard InChI is InChI=1S/C27H29NO5/c1-15(2)33-27(31)24-16(3)28-20-12-19(17-8-6-5-7-9-17)13-22(30)26(20)25(24)18-10-11-21(29)23(14-18)32-4/h5-11,14-15,19,24-25,29H,12-13H2,1-4H3/t19-,24?,25-/m1/s1. The van der Waals surface area contributed by atoms with Gasteiger partial charge in [-0.1, -0.05) is 36.4 Å². The third-order valence-electron chi connectivity index (χ3n) is 6.33. The summed E-state index contributed by atoms with van der Waals surface area (Å²) >= 11 is 0. The van der Waals surface area contributed by atoms with E-state index in [2.05, 4.69) is 0 Å². The molecule has 1 N–H and O–H groups in total. The number of ether oxygens (including phenoxy) is 2. The van der Waals surface area contributed by atoms with Crippen molar-refractivity contribution in [2.45, 2.75) is 51.6 Å². The number of allylic oxidation sites excluding steroid dienone is 2. The van der Waals surface area contributed by atoms with Gasteiger partial charge in [-0.15, -0.1) is 0 Å². The molecule has 1 aliphatic heterocycles. The number of phenolic OH excluding ortho intramolecular Hbond substituents is 1. The number of benzene rings is 2. The fraction of sp³-hybridized carbons (Fsp3) is 0.370. The molecule has 0 saturated heterocycles. The molecule has 0 aromatic heterocycles. The lowest BCUT2D eigenvalue weighted by Crippen LogP contribution is -2.38. The van der Waals surface area contributed by atoms with E-state index in [9.17, 15) is 14.7 Å². The van der Waals surface area contributed by atoms with Crippen LogP contribution in [-0.2, 0) is 14.3 Å². The van der Waals surface area contributed by atoms with E-state index < -0.39 is 17.8 Å². The number of hydrogen-bond donors (Lipinski definition) is 1. The summed E-state index contributed by atoms with van der Waals surface area (Å²) in [5.74, 6) is -1.37. The Labute approximate surface area is 194 Å². The number of esters is 1. The van der Waals surface area contributed by atoms with Gasteiger partial charge in [-0.25, -0.2) is 0 Å². The van der Waals surface area contributed by atoms with Gasteiger partial charge >= 0.3 is 5.97 Å². The number of nitrogens with zero attached hydrogens (tertiary/aromatic N) is 1. The first-order chi connectivity index (χ1) is 15.8. The summed E-state index contributed by atoms with van der Waals surface area (Å²) < 4.78 is 10.9. The van der Waals surface area contributed by atoms with Gasteiger partial charge in [0.2, 0.25) is 0 Å². The molecule has 0 radical (unpaired) electrons. The summed E-state index contributed by atoms with van der Waals surface area (Å²) in [6.45, 7) is 5.41. The van der Waals surface area contributed by atoms with Gasteiger partial charge in [0.05, 0.1) is 13.2 Å². The van der Waals surface area contributed by atoms with Gasteiger partial charge in [0, 0.05) is 29.3 Å². The molecule has 172 valence electrons. The molecule has 3 atom stereocenters. The molecule has 6 nitrogen and oxygen atoms in total. The van der Waals surface area contributed by atoms with Crippen LogP contribution in [0.3, 0.4) is 0 Å². The van der Waals surface area contributed by atoms with Gasteiger partial charge in [-0.3, -0.25) is 14.6 Å². The van der Waals surface area contributed by atoms with E-state index >= 15 is 0 Å². The minimum Gasteiger partial charge on any atom is -0.504 e. The number of carbonyl (C=O) groups excluding carboxylic acids is 2. The van der Waals surface area contributed by atoms with E-state index in [0.29, 0.717) is 29.7 Å². The van der Waals surface area contributed by atoms with Crippen molar-refractivity contribution in [2.24, 2.45) is 10.9 Å². The van der Waals surface area contributed by atoms with Gasteiger partial charge in [0.1, 0.15) is 5.92 Å². The van der Waals surface area contributed by atoms with E-state index in [1.807, 2.05) is 37.3 Å². The van der Waals surface area contributed by atoms with Crippen LogP contribution in [0, 0.1) is 5.92 Å². The second-order valence-corrected chi connectivity index (χ2v) is 8.92. The summed E-state index contributed by atoms with van der Waals surface area (Å²) in [5.41, 5.74) is 3.73. The molecule has 0 amide bonds. The lowest BCUT2D eigenvalue weighted by atomic mass is 9.69. The largest absolute Gasteiger partial charge is 0.504 e. The van der Waals surface area contributed by atoms with Gasteiger partial charge in [-0.2, -0.15) is 0 Å². The molecule has 0 bridgehead atoms. The van der Waals surface area contributed by atoms with E-state index in [1.165, 1.54) is 13.2 Å². The van der Waals surface area contributed by atoms with Crippen LogP contribution in [0.5, 0.6) is 11.5 Å². The Hall–Kier alpha value is -3.41. The van der Waals surface area contributed by atoms with Crippen LogP contribution in [-0.4, -0.2) is 35.8 Å². The Morgan fingerprint density at radius 2 is 1.82 bits per heavy atom. The highest BCUT2D eigenvalue weighted by Gasteiger charge is 2.45. The Kier molecular flexibility index (Phi) is 6.36. The molecule has 0 fully saturated rings. The van der Waals surface area contributed by atoms with Crippen LogP contribution in [0.1, 0.15) is 56.6 Å². The molecule has 6 heteroatoms. The van der Waals surface area contributed by atoms with E-state index in [-0.39, 0.29) is 29.3 Å². The van der Waals surface area contributed by atoms with Crippen molar-refractivity contribution >= 4 is 17.5 Å². The third-order valence-corrected chi connectivity index (χ3v) is 6.33. The number of phenols is 1. The maximum Gasteiger partial charge on any atom is 0.315 e. The van der Waals surface area contributed by atoms with E-state index in [4.69, 9.17) is 14.5 Å². The second-order valence-electron chi connectivity index (χ2n) is 8.92. The van der Waals surface area contributed by atoms with Gasteiger partial charge in [0.15, 0.2) is 17.3 Å². The molecule has 0 saturated carbocycles. The van der Waals surface area contributed by atoms with Crippen LogP contribution < -0.4 is 4.74 Å². The van der Waals surface area contributed by atoms with Crippen molar-refractivity contribution < 1.29 is 24.2 Å². The van der Waals surface area contributed by atoms with Crippen molar-refractivity contribution in [1.82, 2.24) is 0 Å². The number of rotatable bonds is 5. The summed E-state index contributed by atoms with van der Waals surface area (Å²) in [5, 5.41) is 10.1. The Morgan fingerprint density at radius 1 is 1.09 bits per heavy atom. The summed E-state index contributed by atoms with van der Waals surface area (Å²) in [6.07, 6.45) is 0.690. The second kappa shape index (κ2) is 9.22. The van der Waals surface area contributed by atoms with Gasteiger partial charge < -0.3 is 14.6 Å². The Bertz CT molecular complexity index is 1130. The fourth-order valence-corrected chi connectivity index (χ4v) is 4.88. The van der Waals surface area contributed by atoms with Crippen LogP contribution in [0.15, 0.2) is 64.8 Å². The zero-order chi connectivity index (χ0) is 23.7. The van der Waals surface area contributed by atoms with Crippen molar-refractivity contribution in [3.63, 3.8) is 0 Å². The number of aromatic hydroxyl groups is 1. The summed E-state index contributed by atoms with van der Waals surface area (Å²) in [6, 6.07) is 14.9. The van der Waals surface area contributed by atoms with Gasteiger partial charge in [-0.05, 0) is 56.4 Å². The summed E-state index contributed by atoms with van der Waals surface area (Å²) in [4.78, 5) is 31.5. The van der Waals surface area contributed by atoms with Crippen molar-refractivity contribution in [2.75, 3.05) is 7.11 Å². The number of carbonyl (C=O) groups is 2. The highest BCUT2D eigenvalue weighted by molar-refractivity contribution is 6.09. The monoisotopic (exact) mass is 447 g/mol. The Morgan fingerprint density at radius 3 is 2.48 bits per heavy atom. The lowest BCUT2D eigenvalue weighted by molar-refractivity contribution is -0.150. The highest BCUT2D eigenvalue weighted by Crippen LogP contribution is 2.47. The van der Waals surface area contributed by atoms with Crippen molar-refractivity contribution in [1.29, 1.82) is 0 Å². The molecule has 2 aliphatic rings. The van der Waals surface area contributed by atoms with Crippen LogP contribution in [0.4, 0.5) is 0 Å². The quantitative estimate of drug-likeness (QED) is 0.657. The number of ketones is 1. The smallest absolute Gasteiger partial charge is 0.315 e. The van der Waals surface area contributed by atoms with E-state index in [1.54, 1.807) is 26.0 Å². The van der Waals surface area contributed by atoms with Crippen molar-refractivity contribution in [3.05, 3.63) is 70.9 Å². The maximum atomic E-state index is 13.6. The van der Waals surface area contributed by atoms with E-state index in [0.717, 1.165) is 11.3 Å². The highest BCUT2D eigenvalue weighted by atomic mass is 16.5. The van der Waals surface area contributed by atoms with Crippen LogP contribution in [0.25, 0.3) is 0 Å². The molecule has 0 spiro atoms. The number of Topliss-reactive ketones (excluding diaryl/α,β-unsaturated/α-hetero) is 1. The zero-order valence-electron chi connectivity index (χ0n) is 19.4. The molecule has 4 rings (SSSR count). The average Bonchev–Trinajstić information content (AvgIpc) is 2.78. The average molecular weight is 448 g/mol. The number of methoxy groups -OCH3 is 1. The molecule has 2 aromatic carbocycles. The maximum absolute atomic E-state index is 13.6. The predicted octanol–water partition coefficient (Wildman–Crippen LogP) is 4.93. The molecule has 1 heterocycles. The van der Waals surface area contributed by atoms with Crippen LogP contribution in [0.2, 0.25) is 0 Å². The minimum absolute atomic E-state index is 0.00271. The SMILES string of the molecule is COc1cc([C@H]2C3=C(C[C@@H](c4ccccc4)CC3=O)N=C(C)C2C(=O)OC(C)C)ccc1O. The first kappa shape index (κ1) is 22.8. The predicted molar refractivity (Wildman–Crippen MR) is 126 cm³/mol. The molecular formula is C27H29NO5. The summed E-state index contributed by atoms with van der Waals surface area (Å²) in [7, 11) is 1.47. The molecule has 2 aromatic rings. The topological polar surface area (TPSA) is 85.2 Å². The first-order valence-electron chi connectivity index (χ1n) is 11.2. The first-order valence-corrected chi connectivity index (χ1v) is 11.2. The lowest BCUT2D eigenvalue weighted by Gasteiger charge is -2.36. The van der Waals surface area contributed by atoms with Crippen molar-refractivity contribution in [3.8, 4) is 11.5 Å². The third kappa shape index (κ3) is 4.42. The van der Waals surface area contributed by atoms with Gasteiger partial charge in [0.25, 0.3) is 0 Å². The molecular weight excluding hydrogens is 418 g/mol. The fourth-order valence-electron chi connectivity index (χ4n) is 4.88. The molecule has 33 heavy (non-hydrogen) atoms. The minimum atomic E-state index is -0.724. The number of hydrogen-bond acceptors (Lipinski definition) is 6.